The summed E-state index contributed by atoms with van der Waals surface area (Å²) in [5.74, 6) is -0.525. The SMILES string of the molecule is COC(=O)C1=C[CH+]C=CC1=[N-]. The van der Waals surface area contributed by atoms with Gasteiger partial charge in [0.15, 0.2) is 0 Å². The van der Waals surface area contributed by atoms with Crippen molar-refractivity contribution in [2.75, 3.05) is 7.11 Å². The summed E-state index contributed by atoms with van der Waals surface area (Å²) in [4.78, 5) is 10.9. The molecule has 0 radical (unpaired) electrons. The van der Waals surface area contributed by atoms with Crippen LogP contribution in [0.4, 0.5) is 0 Å². The van der Waals surface area contributed by atoms with Gasteiger partial charge in [-0.15, -0.1) is 0 Å². The zero-order valence-corrected chi connectivity index (χ0v) is 6.07. The Morgan fingerprint density at radius 3 is 3.00 bits per heavy atom. The third-order valence-corrected chi connectivity index (χ3v) is 1.31. The summed E-state index contributed by atoms with van der Waals surface area (Å²) in [6.07, 6.45) is 6.24. The van der Waals surface area contributed by atoms with Gasteiger partial charge in [0.1, 0.15) is 5.57 Å². The lowest BCUT2D eigenvalue weighted by Crippen LogP contribution is -2.13. The van der Waals surface area contributed by atoms with E-state index in [4.69, 9.17) is 5.41 Å². The first-order chi connectivity index (χ1) is 5.25. The standard InChI is InChI=1S/C8H7NO2/c1-11-8(10)6-4-2-3-5-7(6)9/h2-5H,1H3. The molecule has 3 nitrogen and oxygen atoms in total. The third kappa shape index (κ3) is 1.49. The van der Waals surface area contributed by atoms with E-state index in [1.54, 1.807) is 12.5 Å². The molecule has 0 heterocycles. The van der Waals surface area contributed by atoms with Crippen LogP contribution < -0.4 is 0 Å². The van der Waals surface area contributed by atoms with Gasteiger partial charge in [-0.1, -0.05) is 0 Å². The molecule has 1 aliphatic carbocycles. The Balaban J connectivity index is 2.79. The van der Waals surface area contributed by atoms with E-state index in [2.05, 4.69) is 4.74 Å². The van der Waals surface area contributed by atoms with Crippen molar-refractivity contribution in [1.82, 2.24) is 0 Å². The van der Waals surface area contributed by atoms with Gasteiger partial charge in [0.2, 0.25) is 0 Å². The lowest BCUT2D eigenvalue weighted by molar-refractivity contribution is -0.135. The van der Waals surface area contributed by atoms with E-state index < -0.39 is 5.97 Å². The topological polar surface area (TPSA) is 48.6 Å². The van der Waals surface area contributed by atoms with Gasteiger partial charge in [-0.05, 0) is 5.71 Å². The van der Waals surface area contributed by atoms with Crippen molar-refractivity contribution in [3.05, 3.63) is 35.6 Å². The third-order valence-electron chi connectivity index (χ3n) is 1.31. The van der Waals surface area contributed by atoms with E-state index in [9.17, 15) is 4.79 Å². The first-order valence-electron chi connectivity index (χ1n) is 3.12. The Bertz CT molecular complexity index is 251. The van der Waals surface area contributed by atoms with Crippen molar-refractivity contribution >= 4 is 11.7 Å². The second-order valence-corrected chi connectivity index (χ2v) is 2.01. The van der Waals surface area contributed by atoms with E-state index in [1.165, 1.54) is 19.3 Å². The Kier molecular flexibility index (Phi) is 2.11. The molecule has 0 aromatic rings. The molecule has 0 fully saturated rings. The minimum Gasteiger partial charge on any atom is -0.778 e. The van der Waals surface area contributed by atoms with Gasteiger partial charge in [-0.3, -0.25) is 0 Å². The van der Waals surface area contributed by atoms with Crippen LogP contribution in [0.1, 0.15) is 0 Å². The van der Waals surface area contributed by atoms with Crippen LogP contribution >= 0.6 is 0 Å². The Hall–Kier alpha value is -1.51. The highest BCUT2D eigenvalue weighted by Gasteiger charge is 2.17. The predicted octanol–water partition coefficient (Wildman–Crippen LogP) is 0.870. The van der Waals surface area contributed by atoms with Gasteiger partial charge < -0.3 is 10.1 Å². The average Bonchev–Trinajstić information content (AvgIpc) is 2.04. The van der Waals surface area contributed by atoms with Crippen LogP contribution in [0, 0.1) is 6.42 Å². The molecule has 1 rings (SSSR count). The van der Waals surface area contributed by atoms with Gasteiger partial charge >= 0.3 is 5.97 Å². The molecule has 3 heteroatoms. The van der Waals surface area contributed by atoms with Crippen LogP contribution in [-0.2, 0) is 9.53 Å². The second kappa shape index (κ2) is 3.05. The van der Waals surface area contributed by atoms with Crippen LogP contribution in [0.2, 0.25) is 0 Å². The normalized spacial score (nSPS) is 15.4. The number of rotatable bonds is 1. The van der Waals surface area contributed by atoms with Gasteiger partial charge in [-0.25, -0.2) is 4.79 Å². The average molecular weight is 149 g/mol. The van der Waals surface area contributed by atoms with Crippen LogP contribution in [0.15, 0.2) is 23.8 Å². The van der Waals surface area contributed by atoms with Gasteiger partial charge in [-0.2, -0.15) is 0 Å². The van der Waals surface area contributed by atoms with Crippen LogP contribution in [0.3, 0.4) is 0 Å². The number of nitrogens with zero attached hydrogens (tertiary/aromatic N) is 1. The summed E-state index contributed by atoms with van der Waals surface area (Å²) in [6, 6.07) is 0. The van der Waals surface area contributed by atoms with E-state index in [0.29, 0.717) is 0 Å². The number of carbonyl (C=O) groups excluding carboxylic acids is 1. The number of esters is 1. The smallest absolute Gasteiger partial charge is 0.394 e. The number of allylic oxidation sites excluding steroid dienone is 3. The van der Waals surface area contributed by atoms with E-state index in [0.717, 1.165) is 0 Å². The highest BCUT2D eigenvalue weighted by molar-refractivity contribution is 6.26. The van der Waals surface area contributed by atoms with Crippen molar-refractivity contribution in [2.45, 2.75) is 0 Å². The molecule has 0 aromatic carbocycles. The Morgan fingerprint density at radius 2 is 2.45 bits per heavy atom. The molecule has 0 aromatic heterocycles. The first-order valence-corrected chi connectivity index (χ1v) is 3.12. The molecule has 0 amide bonds. The zero-order chi connectivity index (χ0) is 8.27. The Morgan fingerprint density at radius 1 is 1.73 bits per heavy atom. The molecule has 11 heavy (non-hydrogen) atoms. The van der Waals surface area contributed by atoms with Gasteiger partial charge in [0.05, 0.1) is 13.2 Å². The molecule has 0 saturated carbocycles. The number of hydrogen-bond acceptors (Lipinski definition) is 2. The summed E-state index contributed by atoms with van der Waals surface area (Å²) in [7, 11) is 1.27. The maximum atomic E-state index is 10.9. The number of hydrogen-bond donors (Lipinski definition) is 0. The minimum absolute atomic E-state index is 0.0562. The van der Waals surface area contributed by atoms with Crippen LogP contribution in [0.25, 0.3) is 5.41 Å². The van der Waals surface area contributed by atoms with Crippen molar-refractivity contribution in [2.24, 2.45) is 0 Å². The lowest BCUT2D eigenvalue weighted by atomic mass is 10.0. The zero-order valence-electron chi connectivity index (χ0n) is 6.07. The molecule has 0 spiro atoms. The van der Waals surface area contributed by atoms with E-state index in [-0.39, 0.29) is 11.3 Å². The van der Waals surface area contributed by atoms with Gasteiger partial charge in [0.25, 0.3) is 0 Å². The number of carbonyl (C=O) groups is 1. The fraction of sp³-hybridized carbons (Fsp3) is 0.125. The highest BCUT2D eigenvalue weighted by Crippen LogP contribution is 2.08. The van der Waals surface area contributed by atoms with Crippen molar-refractivity contribution < 1.29 is 9.53 Å². The molecular weight excluding hydrogens is 142 g/mol. The predicted molar refractivity (Wildman–Crippen MR) is 41.9 cm³/mol. The van der Waals surface area contributed by atoms with Crippen molar-refractivity contribution in [3.63, 3.8) is 0 Å². The summed E-state index contributed by atoms with van der Waals surface area (Å²) in [5, 5.41) is 9.11. The molecule has 0 N–H and O–H groups in total. The molecule has 0 bridgehead atoms. The van der Waals surface area contributed by atoms with Crippen LogP contribution in [-0.4, -0.2) is 18.8 Å². The molecule has 0 unspecified atom stereocenters. The minimum atomic E-state index is -0.525. The first kappa shape index (κ1) is 7.60. The van der Waals surface area contributed by atoms with Gasteiger partial charge in [0, 0.05) is 18.6 Å². The van der Waals surface area contributed by atoms with Crippen molar-refractivity contribution in [1.29, 1.82) is 0 Å². The van der Waals surface area contributed by atoms with E-state index >= 15 is 0 Å². The monoisotopic (exact) mass is 149 g/mol. The fourth-order valence-electron chi connectivity index (χ4n) is 0.756. The van der Waals surface area contributed by atoms with Crippen LogP contribution in [0.5, 0.6) is 0 Å². The quantitative estimate of drug-likeness (QED) is 0.410. The maximum Gasteiger partial charge on any atom is 0.394 e. The summed E-state index contributed by atoms with van der Waals surface area (Å²) in [5.41, 5.74) is 0.134. The summed E-state index contributed by atoms with van der Waals surface area (Å²) in [6.45, 7) is 0. The second-order valence-electron chi connectivity index (χ2n) is 2.01. The molecule has 0 aliphatic heterocycles. The van der Waals surface area contributed by atoms with Crippen molar-refractivity contribution in [3.8, 4) is 0 Å². The highest BCUT2D eigenvalue weighted by atomic mass is 16.5. The maximum absolute atomic E-state index is 10.9. The molecule has 0 saturated heterocycles. The number of ether oxygens (including phenoxy) is 1. The summed E-state index contributed by atoms with van der Waals surface area (Å²) < 4.78 is 4.42. The Labute approximate surface area is 64.9 Å². The largest absolute Gasteiger partial charge is 0.778 e. The fourth-order valence-corrected chi connectivity index (χ4v) is 0.756. The molecule has 1 aliphatic rings. The number of methoxy groups -OCH3 is 1. The summed E-state index contributed by atoms with van der Waals surface area (Å²) >= 11 is 0. The molecular formula is C8H7NO2. The molecule has 0 atom stereocenters. The van der Waals surface area contributed by atoms with E-state index in [1.807, 2.05) is 0 Å². The lowest BCUT2D eigenvalue weighted by Gasteiger charge is -2.05. The molecule has 56 valence electrons.